The maximum atomic E-state index is 3.86. The van der Waals surface area contributed by atoms with Crippen molar-refractivity contribution in [2.45, 2.75) is 76.3 Å². The Morgan fingerprint density at radius 3 is 1.38 bits per heavy atom. The highest BCUT2D eigenvalue weighted by atomic mass is 14.9. The molecule has 2 saturated carbocycles. The minimum atomic E-state index is 0. The molecule has 0 saturated heterocycles. The Morgan fingerprint density at radius 1 is 0.615 bits per heavy atom. The van der Waals surface area contributed by atoms with Crippen LogP contribution >= 0.6 is 0 Å². The minimum Gasteiger partial charge on any atom is -0.311 e. The summed E-state index contributed by atoms with van der Waals surface area (Å²) in [6.07, 6.45) is 14.6. The molecule has 0 spiro atoms. The molecule has 0 aromatic carbocycles. The van der Waals surface area contributed by atoms with E-state index >= 15 is 0 Å². The Balaban J connectivity index is 0.000000980. The lowest BCUT2D eigenvalue weighted by molar-refractivity contribution is 0.291. The number of nitrogens with one attached hydrogen (secondary N) is 1. The van der Waals surface area contributed by atoms with E-state index in [4.69, 9.17) is 0 Å². The van der Waals surface area contributed by atoms with Gasteiger partial charge in [0.15, 0.2) is 0 Å². The molecule has 2 fully saturated rings. The summed E-state index contributed by atoms with van der Waals surface area (Å²) in [4.78, 5) is 0. The maximum absolute atomic E-state index is 3.86. The highest BCUT2D eigenvalue weighted by Gasteiger charge is 2.19. The van der Waals surface area contributed by atoms with E-state index in [0.29, 0.717) is 0 Å². The van der Waals surface area contributed by atoms with Crippen molar-refractivity contribution in [3.8, 4) is 0 Å². The van der Waals surface area contributed by atoms with E-state index in [1.165, 1.54) is 64.2 Å². The Bertz CT molecular complexity index is 121. The van der Waals surface area contributed by atoms with E-state index < -0.39 is 0 Å². The molecule has 0 heterocycles. The van der Waals surface area contributed by atoms with E-state index in [2.05, 4.69) is 5.32 Å². The second-order valence-electron chi connectivity index (χ2n) is 4.84. The number of hydrogen-bond acceptors (Lipinski definition) is 1. The van der Waals surface area contributed by atoms with Gasteiger partial charge < -0.3 is 5.32 Å². The molecule has 1 N–H and O–H groups in total. The predicted molar refractivity (Wildman–Crippen MR) is 59.0 cm³/mol. The zero-order valence-electron chi connectivity index (χ0n) is 8.73. The van der Waals surface area contributed by atoms with Gasteiger partial charge in [0.2, 0.25) is 0 Å². The summed E-state index contributed by atoms with van der Waals surface area (Å²) in [6.45, 7) is 0. The zero-order valence-corrected chi connectivity index (χ0v) is 8.73. The Hall–Kier alpha value is -0.0400. The van der Waals surface area contributed by atoms with Crippen molar-refractivity contribution < 1.29 is 1.43 Å². The standard InChI is InChI=1S/C12H23N.H2/c1-3-7-11(8-4-1)13-12-9-5-2-6-10-12;/h11-13H,1-10H2;1H. The molecule has 0 radical (unpaired) electrons. The first kappa shape index (κ1) is 9.51. The van der Waals surface area contributed by atoms with Crippen LogP contribution in [0, 0.1) is 0 Å². The fourth-order valence-electron chi connectivity index (χ4n) is 2.87. The Kier molecular flexibility index (Phi) is 3.65. The van der Waals surface area contributed by atoms with Crippen LogP contribution in [0.3, 0.4) is 0 Å². The summed E-state index contributed by atoms with van der Waals surface area (Å²) in [5, 5.41) is 3.86. The van der Waals surface area contributed by atoms with Crippen molar-refractivity contribution in [3.63, 3.8) is 0 Å². The first-order chi connectivity index (χ1) is 6.45. The van der Waals surface area contributed by atoms with Gasteiger partial charge in [-0.1, -0.05) is 38.5 Å². The molecule has 2 aliphatic rings. The van der Waals surface area contributed by atoms with Crippen LogP contribution in [0.1, 0.15) is 65.6 Å². The maximum Gasteiger partial charge on any atom is 0.00696 e. The Morgan fingerprint density at radius 2 is 1.00 bits per heavy atom. The van der Waals surface area contributed by atoms with E-state index in [1.807, 2.05) is 0 Å². The molecule has 1 nitrogen and oxygen atoms in total. The quantitative estimate of drug-likeness (QED) is 0.691. The van der Waals surface area contributed by atoms with Gasteiger partial charge in [-0.2, -0.15) is 0 Å². The lowest BCUT2D eigenvalue weighted by Crippen LogP contribution is -2.40. The summed E-state index contributed by atoms with van der Waals surface area (Å²) in [5.41, 5.74) is 0. The summed E-state index contributed by atoms with van der Waals surface area (Å²) < 4.78 is 0. The molecule has 1 heteroatoms. The van der Waals surface area contributed by atoms with E-state index in [1.54, 1.807) is 0 Å². The van der Waals surface area contributed by atoms with Gasteiger partial charge in [0, 0.05) is 13.5 Å². The van der Waals surface area contributed by atoms with Gasteiger partial charge in [-0.15, -0.1) is 0 Å². The molecule has 2 rings (SSSR count). The highest BCUT2D eigenvalue weighted by Crippen LogP contribution is 2.22. The minimum absolute atomic E-state index is 0. The van der Waals surface area contributed by atoms with Gasteiger partial charge in [0.25, 0.3) is 0 Å². The lowest BCUT2D eigenvalue weighted by Gasteiger charge is -2.30. The summed E-state index contributed by atoms with van der Waals surface area (Å²) in [6, 6.07) is 1.74. The summed E-state index contributed by atoms with van der Waals surface area (Å²) in [5.74, 6) is 0. The molecule has 0 aliphatic heterocycles. The van der Waals surface area contributed by atoms with Gasteiger partial charge in [-0.25, -0.2) is 0 Å². The van der Waals surface area contributed by atoms with Crippen molar-refractivity contribution in [1.29, 1.82) is 0 Å². The average Bonchev–Trinajstić information content (AvgIpc) is 2.21. The molecule has 0 unspecified atom stereocenters. The van der Waals surface area contributed by atoms with Gasteiger partial charge in [-0.3, -0.25) is 0 Å². The highest BCUT2D eigenvalue weighted by molar-refractivity contribution is 4.79. The van der Waals surface area contributed by atoms with Crippen LogP contribution in [-0.2, 0) is 0 Å². The zero-order chi connectivity index (χ0) is 8.93. The Labute approximate surface area is 83.8 Å². The molecule has 0 atom stereocenters. The van der Waals surface area contributed by atoms with Gasteiger partial charge in [0.05, 0.1) is 0 Å². The van der Waals surface area contributed by atoms with Crippen LogP contribution < -0.4 is 5.32 Å². The van der Waals surface area contributed by atoms with Crippen LogP contribution in [0.2, 0.25) is 0 Å². The number of hydrogen-bond donors (Lipinski definition) is 1. The fraction of sp³-hybridized carbons (Fsp3) is 1.00. The largest absolute Gasteiger partial charge is 0.311 e. The smallest absolute Gasteiger partial charge is 0.00696 e. The van der Waals surface area contributed by atoms with Crippen LogP contribution in [0.15, 0.2) is 0 Å². The van der Waals surface area contributed by atoms with Gasteiger partial charge in [-0.05, 0) is 25.7 Å². The average molecular weight is 183 g/mol. The summed E-state index contributed by atoms with van der Waals surface area (Å²) in [7, 11) is 0. The van der Waals surface area contributed by atoms with Crippen molar-refractivity contribution in [2.24, 2.45) is 0 Å². The van der Waals surface area contributed by atoms with Crippen molar-refractivity contribution in [2.75, 3.05) is 0 Å². The first-order valence-corrected chi connectivity index (χ1v) is 6.21. The van der Waals surface area contributed by atoms with E-state index in [0.717, 1.165) is 12.1 Å². The van der Waals surface area contributed by atoms with Crippen LogP contribution in [0.4, 0.5) is 0 Å². The second-order valence-corrected chi connectivity index (χ2v) is 4.84. The predicted octanol–water partition coefficient (Wildman–Crippen LogP) is 3.49. The third kappa shape index (κ3) is 2.98. The molecule has 13 heavy (non-hydrogen) atoms. The lowest BCUT2D eigenvalue weighted by atomic mass is 9.91. The van der Waals surface area contributed by atoms with Crippen LogP contribution in [0.5, 0.6) is 0 Å². The van der Waals surface area contributed by atoms with Crippen LogP contribution in [-0.4, -0.2) is 12.1 Å². The second kappa shape index (κ2) is 4.99. The fourth-order valence-corrected chi connectivity index (χ4v) is 2.87. The van der Waals surface area contributed by atoms with E-state index in [-0.39, 0.29) is 1.43 Å². The van der Waals surface area contributed by atoms with E-state index in [9.17, 15) is 0 Å². The molecule has 0 amide bonds. The van der Waals surface area contributed by atoms with Gasteiger partial charge in [0.1, 0.15) is 0 Å². The van der Waals surface area contributed by atoms with Crippen LogP contribution in [0.25, 0.3) is 0 Å². The topological polar surface area (TPSA) is 12.0 Å². The molecular weight excluding hydrogens is 158 g/mol. The first-order valence-electron chi connectivity index (χ1n) is 6.21. The summed E-state index contributed by atoms with van der Waals surface area (Å²) >= 11 is 0. The van der Waals surface area contributed by atoms with Gasteiger partial charge >= 0.3 is 0 Å². The molecule has 0 aromatic rings. The molecular formula is C12H25N. The number of rotatable bonds is 2. The van der Waals surface area contributed by atoms with Crippen molar-refractivity contribution in [3.05, 3.63) is 0 Å². The molecule has 0 bridgehead atoms. The van der Waals surface area contributed by atoms with Crippen molar-refractivity contribution >= 4 is 0 Å². The van der Waals surface area contributed by atoms with Crippen molar-refractivity contribution in [1.82, 2.24) is 5.32 Å². The normalized spacial score (nSPS) is 27.7. The third-order valence-electron chi connectivity index (χ3n) is 3.68. The molecule has 78 valence electrons. The third-order valence-corrected chi connectivity index (χ3v) is 3.68. The monoisotopic (exact) mass is 183 g/mol. The molecule has 2 aliphatic carbocycles. The SMILES string of the molecule is C1CCC(NC2CCCCC2)CC1.[HH]. The molecule has 0 aromatic heterocycles.